The lowest BCUT2D eigenvalue weighted by Gasteiger charge is -2.27. The van der Waals surface area contributed by atoms with Gasteiger partial charge in [0.05, 0.1) is 22.8 Å². The van der Waals surface area contributed by atoms with E-state index in [1.54, 1.807) is 12.2 Å². The van der Waals surface area contributed by atoms with E-state index < -0.39 is 0 Å². The zero-order valence-electron chi connectivity index (χ0n) is 16.5. The molecule has 136 valence electrons. The van der Waals surface area contributed by atoms with Crippen molar-refractivity contribution in [3.63, 3.8) is 0 Å². The van der Waals surface area contributed by atoms with E-state index in [2.05, 4.69) is 47.6 Å². The summed E-state index contributed by atoms with van der Waals surface area (Å²) in [7, 11) is 0. The summed E-state index contributed by atoms with van der Waals surface area (Å²) in [5.74, 6) is 0. The van der Waals surface area contributed by atoms with Crippen molar-refractivity contribution in [1.29, 1.82) is 10.8 Å². The Morgan fingerprint density at radius 1 is 0.800 bits per heavy atom. The lowest BCUT2D eigenvalue weighted by molar-refractivity contribution is 0.570. The van der Waals surface area contributed by atoms with Crippen molar-refractivity contribution in [3.8, 4) is 0 Å². The Kier molecular flexibility index (Phi) is 6.00. The minimum absolute atomic E-state index is 0.0272. The number of nitrogens with one attached hydrogen (secondary N) is 2. The summed E-state index contributed by atoms with van der Waals surface area (Å²) in [5.41, 5.74) is 17.6. The third-order valence-electron chi connectivity index (χ3n) is 4.06. The highest BCUT2D eigenvalue weighted by molar-refractivity contribution is 6.49. The van der Waals surface area contributed by atoms with Gasteiger partial charge in [0.1, 0.15) is 0 Å². The third-order valence-corrected chi connectivity index (χ3v) is 4.06. The van der Waals surface area contributed by atoms with Crippen LogP contribution in [-0.2, 0) is 10.8 Å². The first-order valence-corrected chi connectivity index (χ1v) is 8.47. The first-order chi connectivity index (χ1) is 11.2. The molecule has 1 aromatic rings. The summed E-state index contributed by atoms with van der Waals surface area (Å²) in [5, 5.41) is 14.3. The minimum Gasteiger partial charge on any atom is -0.397 e. The van der Waals surface area contributed by atoms with Crippen LogP contribution >= 0.6 is 0 Å². The molecule has 4 heteroatoms. The lowest BCUT2D eigenvalue weighted by Crippen LogP contribution is -2.19. The van der Waals surface area contributed by atoms with Crippen LogP contribution in [0.3, 0.4) is 0 Å². The standard InChI is InChI=1S/C14H24N2.C7H8N2/c1-13(2,3)9-7-10(14(4,5)6)12(16)11(15)8-9;1-5-2-3-6(8)7(9)4-5/h7-8H,15-16H2,1-6H3;2-4,8-9H,1H3. The summed E-state index contributed by atoms with van der Waals surface area (Å²) < 4.78 is 0. The molecular formula is C21H32N4. The molecule has 0 amide bonds. The van der Waals surface area contributed by atoms with Gasteiger partial charge in [0, 0.05) is 0 Å². The van der Waals surface area contributed by atoms with E-state index in [0.29, 0.717) is 17.1 Å². The molecule has 1 aliphatic rings. The monoisotopic (exact) mass is 340 g/mol. The molecule has 0 radical (unpaired) electrons. The number of nitrogens with two attached hydrogens (primary N) is 2. The molecule has 1 aliphatic carbocycles. The van der Waals surface area contributed by atoms with Crippen molar-refractivity contribution in [3.05, 3.63) is 47.1 Å². The molecule has 0 atom stereocenters. The van der Waals surface area contributed by atoms with Gasteiger partial charge in [-0.05, 0) is 52.7 Å². The summed E-state index contributed by atoms with van der Waals surface area (Å²) in [6.07, 6.45) is 5.15. The number of anilines is 2. The van der Waals surface area contributed by atoms with Gasteiger partial charge in [0.2, 0.25) is 0 Å². The summed E-state index contributed by atoms with van der Waals surface area (Å²) in [6, 6.07) is 4.18. The molecular weight excluding hydrogens is 308 g/mol. The van der Waals surface area contributed by atoms with E-state index in [1.165, 1.54) is 5.56 Å². The molecule has 2 rings (SSSR count). The van der Waals surface area contributed by atoms with Crippen LogP contribution < -0.4 is 11.5 Å². The van der Waals surface area contributed by atoms with E-state index in [1.807, 2.05) is 19.1 Å². The molecule has 1 aromatic carbocycles. The maximum Gasteiger partial charge on any atom is 0.0791 e. The van der Waals surface area contributed by atoms with Gasteiger partial charge in [0.25, 0.3) is 0 Å². The first-order valence-electron chi connectivity index (χ1n) is 8.47. The number of rotatable bonds is 0. The van der Waals surface area contributed by atoms with E-state index in [9.17, 15) is 0 Å². The predicted molar refractivity (Wildman–Crippen MR) is 111 cm³/mol. The third kappa shape index (κ3) is 5.59. The molecule has 0 fully saturated rings. The van der Waals surface area contributed by atoms with Crippen molar-refractivity contribution in [1.82, 2.24) is 0 Å². The van der Waals surface area contributed by atoms with Crippen LogP contribution in [0.5, 0.6) is 0 Å². The van der Waals surface area contributed by atoms with Gasteiger partial charge in [0.15, 0.2) is 0 Å². The fourth-order valence-corrected chi connectivity index (χ4v) is 2.39. The Hall–Kier alpha value is -2.36. The van der Waals surface area contributed by atoms with Crippen LogP contribution in [0.1, 0.15) is 59.6 Å². The molecule has 6 N–H and O–H groups in total. The Balaban J connectivity index is 0.000000293. The van der Waals surface area contributed by atoms with Crippen molar-refractivity contribution >= 4 is 22.8 Å². The average molecular weight is 341 g/mol. The Labute approximate surface area is 152 Å². The normalized spacial score (nSPS) is 14.8. The molecule has 0 heterocycles. The number of allylic oxidation sites excluding steroid dienone is 4. The summed E-state index contributed by atoms with van der Waals surface area (Å²) in [6.45, 7) is 14.9. The van der Waals surface area contributed by atoms with Gasteiger partial charge in [-0.2, -0.15) is 0 Å². The molecule has 0 aromatic heterocycles. The highest BCUT2D eigenvalue weighted by Gasteiger charge is 2.22. The lowest BCUT2D eigenvalue weighted by atomic mass is 9.79. The number of nitrogen functional groups attached to an aromatic ring is 2. The second-order valence-corrected chi connectivity index (χ2v) is 8.58. The molecule has 0 bridgehead atoms. The molecule has 25 heavy (non-hydrogen) atoms. The van der Waals surface area contributed by atoms with E-state index in [4.69, 9.17) is 22.3 Å². The van der Waals surface area contributed by atoms with Gasteiger partial charge in [-0.25, -0.2) is 0 Å². The largest absolute Gasteiger partial charge is 0.397 e. The van der Waals surface area contributed by atoms with Crippen LogP contribution in [-0.4, -0.2) is 11.4 Å². The van der Waals surface area contributed by atoms with Crippen LogP contribution in [0.4, 0.5) is 11.4 Å². The highest BCUT2D eigenvalue weighted by atomic mass is 14.7. The molecule has 0 unspecified atom stereocenters. The Bertz CT molecular complexity index is 738. The Morgan fingerprint density at radius 3 is 1.76 bits per heavy atom. The van der Waals surface area contributed by atoms with Crippen molar-refractivity contribution < 1.29 is 0 Å². The van der Waals surface area contributed by atoms with E-state index in [0.717, 1.165) is 16.8 Å². The average Bonchev–Trinajstić information content (AvgIpc) is 2.44. The molecule has 0 saturated carbocycles. The van der Waals surface area contributed by atoms with Crippen LogP contribution in [0.2, 0.25) is 0 Å². The Morgan fingerprint density at radius 2 is 1.36 bits per heavy atom. The van der Waals surface area contributed by atoms with Gasteiger partial charge in [-0.1, -0.05) is 53.7 Å². The topological polar surface area (TPSA) is 99.7 Å². The van der Waals surface area contributed by atoms with Crippen molar-refractivity contribution in [2.24, 2.45) is 0 Å². The van der Waals surface area contributed by atoms with Crippen LogP contribution in [0.25, 0.3) is 0 Å². The van der Waals surface area contributed by atoms with Crippen LogP contribution in [0, 0.1) is 10.8 Å². The molecule has 0 saturated heterocycles. The smallest absolute Gasteiger partial charge is 0.0791 e. The second kappa shape index (κ2) is 7.26. The van der Waals surface area contributed by atoms with Crippen molar-refractivity contribution in [2.75, 3.05) is 11.5 Å². The van der Waals surface area contributed by atoms with Gasteiger partial charge >= 0.3 is 0 Å². The molecule has 0 aliphatic heterocycles. The quantitative estimate of drug-likeness (QED) is 0.395. The first kappa shape index (κ1) is 20.7. The zero-order chi connectivity index (χ0) is 19.6. The maximum atomic E-state index is 7.17. The highest BCUT2D eigenvalue weighted by Crippen LogP contribution is 2.36. The second-order valence-electron chi connectivity index (χ2n) is 8.58. The summed E-state index contributed by atoms with van der Waals surface area (Å²) in [4.78, 5) is 0. The number of hydrogen-bond donors (Lipinski definition) is 4. The van der Waals surface area contributed by atoms with Crippen LogP contribution in [0.15, 0.2) is 35.9 Å². The molecule has 4 nitrogen and oxygen atoms in total. The SMILES string of the molecule is CC(C)(C)c1cc(N)c(N)c(C(C)(C)C)c1.CC1=CC(=N)C(=N)C=C1. The van der Waals surface area contributed by atoms with Crippen molar-refractivity contribution in [2.45, 2.75) is 59.3 Å². The minimum atomic E-state index is 0.0272. The van der Waals surface area contributed by atoms with Gasteiger partial charge in [-0.15, -0.1) is 0 Å². The van der Waals surface area contributed by atoms with Gasteiger partial charge < -0.3 is 11.5 Å². The van der Waals surface area contributed by atoms with Gasteiger partial charge in [-0.3, -0.25) is 10.8 Å². The predicted octanol–water partition coefficient (Wildman–Crippen LogP) is 4.99. The fourth-order valence-electron chi connectivity index (χ4n) is 2.39. The van der Waals surface area contributed by atoms with E-state index >= 15 is 0 Å². The zero-order valence-corrected chi connectivity index (χ0v) is 16.5. The maximum absolute atomic E-state index is 7.17. The number of hydrogen-bond acceptors (Lipinski definition) is 4. The fraction of sp³-hybridized carbons (Fsp3) is 0.429. The molecule has 0 spiro atoms. The van der Waals surface area contributed by atoms with E-state index in [-0.39, 0.29) is 10.8 Å². The number of benzene rings is 1. The summed E-state index contributed by atoms with van der Waals surface area (Å²) >= 11 is 0.